The molecule has 0 radical (unpaired) electrons. The van der Waals surface area contributed by atoms with E-state index in [0.717, 1.165) is 22.2 Å². The molecule has 1 amide bonds. The number of rotatable bonds is 9. The molecule has 2 aromatic heterocycles. The number of nitrogens with zero attached hydrogens (tertiary/aromatic N) is 1. The predicted octanol–water partition coefficient (Wildman–Crippen LogP) is 2.67. The maximum absolute atomic E-state index is 12.2. The number of aromatic amines is 1. The standard InChI is InChI=1S/C20H21N3O4/c24-18(11-15-13-23-20-17(15)3-1-9-21-20)22-12-14-5-7-16(8-6-14)27-10-2-4-19(25)26/h1,3,5-9,13H,2,4,10-12H2,(H,21,23)(H,22,24)(H,25,26). The van der Waals surface area contributed by atoms with Crippen LogP contribution in [0.15, 0.2) is 48.8 Å². The highest BCUT2D eigenvalue weighted by molar-refractivity contribution is 5.87. The van der Waals surface area contributed by atoms with Crippen LogP contribution in [-0.2, 0) is 22.6 Å². The molecule has 0 saturated heterocycles. The molecule has 0 saturated carbocycles. The number of aliphatic carboxylic acids is 1. The fraction of sp³-hybridized carbons (Fsp3) is 0.250. The molecule has 0 atom stereocenters. The van der Waals surface area contributed by atoms with Gasteiger partial charge in [0.25, 0.3) is 0 Å². The molecule has 2 heterocycles. The summed E-state index contributed by atoms with van der Waals surface area (Å²) in [7, 11) is 0. The second kappa shape index (κ2) is 8.84. The fourth-order valence-electron chi connectivity index (χ4n) is 2.71. The lowest BCUT2D eigenvalue weighted by Gasteiger charge is -2.08. The number of carbonyl (C=O) groups is 2. The molecule has 0 aliphatic rings. The van der Waals surface area contributed by atoms with Crippen LogP contribution in [0.4, 0.5) is 0 Å². The number of hydrogen-bond acceptors (Lipinski definition) is 4. The van der Waals surface area contributed by atoms with Crippen LogP contribution in [0, 0.1) is 0 Å². The molecule has 7 nitrogen and oxygen atoms in total. The number of fused-ring (bicyclic) bond motifs is 1. The number of aromatic nitrogens is 2. The van der Waals surface area contributed by atoms with E-state index in [0.29, 0.717) is 25.3 Å². The van der Waals surface area contributed by atoms with E-state index in [1.165, 1.54) is 0 Å². The van der Waals surface area contributed by atoms with Crippen LogP contribution < -0.4 is 10.1 Å². The van der Waals surface area contributed by atoms with Gasteiger partial charge in [0.1, 0.15) is 11.4 Å². The van der Waals surface area contributed by atoms with Gasteiger partial charge in [0.2, 0.25) is 5.91 Å². The summed E-state index contributed by atoms with van der Waals surface area (Å²) in [6, 6.07) is 11.2. The third-order valence-electron chi connectivity index (χ3n) is 4.10. The molecule has 140 valence electrons. The normalized spacial score (nSPS) is 10.7. The average molecular weight is 367 g/mol. The molecule has 1 aromatic carbocycles. The smallest absolute Gasteiger partial charge is 0.303 e. The van der Waals surface area contributed by atoms with E-state index in [9.17, 15) is 9.59 Å². The number of carboxylic acid groups (broad SMARTS) is 1. The van der Waals surface area contributed by atoms with Crippen LogP contribution in [0.2, 0.25) is 0 Å². The number of nitrogens with one attached hydrogen (secondary N) is 2. The zero-order chi connectivity index (χ0) is 19.1. The summed E-state index contributed by atoms with van der Waals surface area (Å²) in [4.78, 5) is 29.9. The Morgan fingerprint density at radius 1 is 1.19 bits per heavy atom. The topological polar surface area (TPSA) is 104 Å². The van der Waals surface area contributed by atoms with E-state index in [4.69, 9.17) is 9.84 Å². The molecule has 0 fully saturated rings. The summed E-state index contributed by atoms with van der Waals surface area (Å²) >= 11 is 0. The van der Waals surface area contributed by atoms with Crippen molar-refractivity contribution in [1.82, 2.24) is 15.3 Å². The molecule has 0 aliphatic carbocycles. The number of carboxylic acids is 1. The number of hydrogen-bond donors (Lipinski definition) is 3. The van der Waals surface area contributed by atoms with Crippen molar-refractivity contribution in [2.45, 2.75) is 25.8 Å². The van der Waals surface area contributed by atoms with Crippen LogP contribution >= 0.6 is 0 Å². The van der Waals surface area contributed by atoms with E-state index in [1.807, 2.05) is 42.6 Å². The fourth-order valence-corrected chi connectivity index (χ4v) is 2.71. The van der Waals surface area contributed by atoms with Crippen molar-refractivity contribution in [3.05, 3.63) is 59.9 Å². The molecule has 0 spiro atoms. The maximum atomic E-state index is 12.2. The number of H-pyrrole nitrogens is 1. The monoisotopic (exact) mass is 367 g/mol. The second-order valence-electron chi connectivity index (χ2n) is 6.16. The van der Waals surface area contributed by atoms with Gasteiger partial charge in [-0.2, -0.15) is 0 Å². The third-order valence-corrected chi connectivity index (χ3v) is 4.10. The molecule has 0 bridgehead atoms. The second-order valence-corrected chi connectivity index (χ2v) is 6.16. The van der Waals surface area contributed by atoms with Gasteiger partial charge >= 0.3 is 5.97 Å². The quantitative estimate of drug-likeness (QED) is 0.504. The summed E-state index contributed by atoms with van der Waals surface area (Å²) in [5.74, 6) is -0.205. The summed E-state index contributed by atoms with van der Waals surface area (Å²) in [6.07, 6.45) is 4.37. The first-order valence-electron chi connectivity index (χ1n) is 8.73. The van der Waals surface area contributed by atoms with Gasteiger partial charge in [0.15, 0.2) is 0 Å². The van der Waals surface area contributed by atoms with Crippen LogP contribution in [0.1, 0.15) is 24.0 Å². The van der Waals surface area contributed by atoms with Crippen molar-refractivity contribution in [2.24, 2.45) is 0 Å². The highest BCUT2D eigenvalue weighted by Crippen LogP contribution is 2.16. The Balaban J connectivity index is 1.45. The Kier molecular flexibility index (Phi) is 6.04. The lowest BCUT2D eigenvalue weighted by atomic mass is 10.1. The van der Waals surface area contributed by atoms with Crippen LogP contribution in [0.25, 0.3) is 11.0 Å². The lowest BCUT2D eigenvalue weighted by Crippen LogP contribution is -2.24. The first-order valence-corrected chi connectivity index (χ1v) is 8.73. The highest BCUT2D eigenvalue weighted by atomic mass is 16.5. The zero-order valence-electron chi connectivity index (χ0n) is 14.8. The Bertz CT molecular complexity index is 918. The Hall–Kier alpha value is -3.35. The van der Waals surface area contributed by atoms with Gasteiger partial charge in [-0.3, -0.25) is 9.59 Å². The van der Waals surface area contributed by atoms with Gasteiger partial charge in [-0.05, 0) is 41.8 Å². The Morgan fingerprint density at radius 2 is 2.00 bits per heavy atom. The van der Waals surface area contributed by atoms with E-state index >= 15 is 0 Å². The first-order chi connectivity index (χ1) is 13.1. The molecule has 7 heteroatoms. The van der Waals surface area contributed by atoms with Crippen LogP contribution in [0.5, 0.6) is 5.75 Å². The number of ether oxygens (including phenoxy) is 1. The molecule has 3 aromatic rings. The molecule has 3 N–H and O–H groups in total. The van der Waals surface area contributed by atoms with Gasteiger partial charge in [-0.25, -0.2) is 4.98 Å². The molecule has 0 unspecified atom stereocenters. The number of benzene rings is 1. The first kappa shape index (κ1) is 18.4. The SMILES string of the molecule is O=C(O)CCCOc1ccc(CNC(=O)Cc2c[nH]c3ncccc23)cc1. The summed E-state index contributed by atoms with van der Waals surface area (Å²) in [5.41, 5.74) is 2.65. The van der Waals surface area contributed by atoms with Crippen molar-refractivity contribution < 1.29 is 19.4 Å². The van der Waals surface area contributed by atoms with Gasteiger partial charge < -0.3 is 20.1 Å². The van der Waals surface area contributed by atoms with Crippen molar-refractivity contribution in [1.29, 1.82) is 0 Å². The Labute approximate surface area is 156 Å². The van der Waals surface area contributed by atoms with Crippen molar-refractivity contribution in [3.63, 3.8) is 0 Å². The molecule has 3 rings (SSSR count). The van der Waals surface area contributed by atoms with E-state index in [2.05, 4.69) is 15.3 Å². The number of carbonyl (C=O) groups excluding carboxylic acids is 1. The molecule has 0 aliphatic heterocycles. The summed E-state index contributed by atoms with van der Waals surface area (Å²) in [6.45, 7) is 0.792. The maximum Gasteiger partial charge on any atom is 0.303 e. The molecule has 27 heavy (non-hydrogen) atoms. The highest BCUT2D eigenvalue weighted by Gasteiger charge is 2.09. The minimum absolute atomic E-state index is 0.0613. The third kappa shape index (κ3) is 5.31. The van der Waals surface area contributed by atoms with Gasteiger partial charge in [-0.15, -0.1) is 0 Å². The van der Waals surface area contributed by atoms with Crippen molar-refractivity contribution in [3.8, 4) is 5.75 Å². The van der Waals surface area contributed by atoms with Crippen LogP contribution in [0.3, 0.4) is 0 Å². The summed E-state index contributed by atoms with van der Waals surface area (Å²) < 4.78 is 5.49. The van der Waals surface area contributed by atoms with Crippen LogP contribution in [-0.4, -0.2) is 33.6 Å². The number of pyridine rings is 1. The van der Waals surface area contributed by atoms with Crippen molar-refractivity contribution in [2.75, 3.05) is 6.61 Å². The average Bonchev–Trinajstić information content (AvgIpc) is 3.07. The Morgan fingerprint density at radius 3 is 2.78 bits per heavy atom. The van der Waals surface area contributed by atoms with E-state index in [1.54, 1.807) is 6.20 Å². The largest absolute Gasteiger partial charge is 0.494 e. The van der Waals surface area contributed by atoms with E-state index in [-0.39, 0.29) is 18.7 Å². The van der Waals surface area contributed by atoms with Gasteiger partial charge in [0, 0.05) is 30.7 Å². The van der Waals surface area contributed by atoms with Gasteiger partial charge in [-0.1, -0.05) is 12.1 Å². The summed E-state index contributed by atoms with van der Waals surface area (Å²) in [5, 5.41) is 12.5. The molecular formula is C20H21N3O4. The zero-order valence-corrected chi connectivity index (χ0v) is 14.8. The van der Waals surface area contributed by atoms with Crippen molar-refractivity contribution >= 4 is 22.9 Å². The minimum atomic E-state index is -0.825. The van der Waals surface area contributed by atoms with E-state index < -0.39 is 5.97 Å². The molecular weight excluding hydrogens is 346 g/mol. The minimum Gasteiger partial charge on any atom is -0.494 e. The number of amides is 1. The van der Waals surface area contributed by atoms with Gasteiger partial charge in [0.05, 0.1) is 13.0 Å². The predicted molar refractivity (Wildman–Crippen MR) is 100 cm³/mol. The lowest BCUT2D eigenvalue weighted by molar-refractivity contribution is -0.137.